The molecule has 4 nitrogen and oxygen atoms in total. The predicted octanol–water partition coefficient (Wildman–Crippen LogP) is 1.89. The summed E-state index contributed by atoms with van der Waals surface area (Å²) in [5.74, 6) is -0.606. The standard InChI is InChI=1S/C16H21ClN2O2/c17-13-3-1-2-12-11(13)4-5-14(12)19-8-6-10(7-9-19)15(20)16(18)21/h1-3,10,14-15,20H,4-9H2,(H2,18,21)/t14-,15+/m0/s1. The Bertz CT molecular complexity index is 541. The van der Waals surface area contributed by atoms with Gasteiger partial charge in [-0.25, -0.2) is 0 Å². The molecule has 3 N–H and O–H groups in total. The predicted molar refractivity (Wildman–Crippen MR) is 82.0 cm³/mol. The summed E-state index contributed by atoms with van der Waals surface area (Å²) in [5, 5.41) is 10.7. The highest BCUT2D eigenvalue weighted by Crippen LogP contribution is 2.40. The van der Waals surface area contributed by atoms with Gasteiger partial charge in [-0.3, -0.25) is 9.69 Å². The van der Waals surface area contributed by atoms with Crippen molar-refractivity contribution in [2.75, 3.05) is 13.1 Å². The summed E-state index contributed by atoms with van der Waals surface area (Å²) >= 11 is 6.27. The van der Waals surface area contributed by atoms with Gasteiger partial charge in [0.25, 0.3) is 0 Å². The number of aliphatic hydroxyl groups excluding tert-OH is 1. The molecular formula is C16H21ClN2O2. The second-order valence-electron chi connectivity index (χ2n) is 6.08. The topological polar surface area (TPSA) is 66.6 Å². The minimum Gasteiger partial charge on any atom is -0.383 e. The van der Waals surface area contributed by atoms with Gasteiger partial charge in [-0.05, 0) is 61.9 Å². The van der Waals surface area contributed by atoms with Crippen molar-refractivity contribution in [1.29, 1.82) is 0 Å². The maximum Gasteiger partial charge on any atom is 0.246 e. The van der Waals surface area contributed by atoms with E-state index in [1.807, 2.05) is 12.1 Å². The monoisotopic (exact) mass is 308 g/mol. The van der Waals surface area contributed by atoms with E-state index in [4.69, 9.17) is 17.3 Å². The first-order valence-electron chi connectivity index (χ1n) is 7.56. The van der Waals surface area contributed by atoms with Crippen molar-refractivity contribution in [3.63, 3.8) is 0 Å². The molecule has 21 heavy (non-hydrogen) atoms. The number of rotatable bonds is 3. The first-order valence-corrected chi connectivity index (χ1v) is 7.94. The van der Waals surface area contributed by atoms with E-state index in [1.54, 1.807) is 0 Å². The molecule has 1 heterocycles. The van der Waals surface area contributed by atoms with Crippen molar-refractivity contribution in [3.8, 4) is 0 Å². The number of hydrogen-bond acceptors (Lipinski definition) is 3. The van der Waals surface area contributed by atoms with Gasteiger partial charge in [0.1, 0.15) is 6.10 Å². The Kier molecular flexibility index (Phi) is 4.20. The molecule has 0 aromatic heterocycles. The average Bonchev–Trinajstić information content (AvgIpc) is 2.92. The summed E-state index contributed by atoms with van der Waals surface area (Å²) in [6.45, 7) is 1.79. The number of nitrogens with two attached hydrogens (primary N) is 1. The molecule has 1 saturated heterocycles. The summed E-state index contributed by atoms with van der Waals surface area (Å²) in [5.41, 5.74) is 7.81. The smallest absolute Gasteiger partial charge is 0.246 e. The number of aliphatic hydroxyl groups is 1. The Morgan fingerprint density at radius 3 is 2.71 bits per heavy atom. The number of primary amides is 1. The first kappa shape index (κ1) is 14.8. The number of amides is 1. The van der Waals surface area contributed by atoms with Gasteiger partial charge >= 0.3 is 0 Å². The molecule has 0 radical (unpaired) electrons. The lowest BCUT2D eigenvalue weighted by Gasteiger charge is -2.37. The van der Waals surface area contributed by atoms with Crippen LogP contribution >= 0.6 is 11.6 Å². The highest BCUT2D eigenvalue weighted by molar-refractivity contribution is 6.31. The lowest BCUT2D eigenvalue weighted by Crippen LogP contribution is -2.43. The number of piperidine rings is 1. The first-order chi connectivity index (χ1) is 10.1. The van der Waals surface area contributed by atoms with Crippen molar-refractivity contribution in [3.05, 3.63) is 34.3 Å². The van der Waals surface area contributed by atoms with E-state index in [-0.39, 0.29) is 5.92 Å². The van der Waals surface area contributed by atoms with Gasteiger partial charge in [0, 0.05) is 11.1 Å². The van der Waals surface area contributed by atoms with Crippen molar-refractivity contribution in [1.82, 2.24) is 4.90 Å². The van der Waals surface area contributed by atoms with E-state index in [0.29, 0.717) is 6.04 Å². The lowest BCUT2D eigenvalue weighted by atomic mass is 9.89. The number of hydrogen-bond donors (Lipinski definition) is 2. The van der Waals surface area contributed by atoms with Crippen LogP contribution in [0.15, 0.2) is 18.2 Å². The molecule has 0 saturated carbocycles. The average molecular weight is 309 g/mol. The minimum absolute atomic E-state index is 0.000940. The number of benzene rings is 1. The highest BCUT2D eigenvalue weighted by atomic mass is 35.5. The number of carbonyl (C=O) groups is 1. The quantitative estimate of drug-likeness (QED) is 0.896. The van der Waals surface area contributed by atoms with Crippen LogP contribution in [0.5, 0.6) is 0 Å². The molecule has 1 aromatic carbocycles. The van der Waals surface area contributed by atoms with Gasteiger partial charge in [-0.1, -0.05) is 23.7 Å². The Morgan fingerprint density at radius 2 is 2.05 bits per heavy atom. The third-order valence-electron chi connectivity index (χ3n) is 4.93. The molecule has 5 heteroatoms. The molecule has 2 atom stereocenters. The van der Waals surface area contributed by atoms with Crippen molar-refractivity contribution < 1.29 is 9.90 Å². The Balaban J connectivity index is 1.67. The van der Waals surface area contributed by atoms with Crippen LogP contribution in [0, 0.1) is 5.92 Å². The van der Waals surface area contributed by atoms with E-state index in [0.717, 1.165) is 43.8 Å². The summed E-state index contributed by atoms with van der Waals surface area (Å²) < 4.78 is 0. The maximum absolute atomic E-state index is 11.1. The summed E-state index contributed by atoms with van der Waals surface area (Å²) in [6, 6.07) is 6.57. The van der Waals surface area contributed by atoms with Gasteiger partial charge in [-0.15, -0.1) is 0 Å². The number of halogens is 1. The van der Waals surface area contributed by atoms with E-state index < -0.39 is 12.0 Å². The molecular weight excluding hydrogens is 288 g/mol. The molecule has 1 aliphatic heterocycles. The third kappa shape index (κ3) is 2.80. The van der Waals surface area contributed by atoms with E-state index in [2.05, 4.69) is 11.0 Å². The third-order valence-corrected chi connectivity index (χ3v) is 5.29. The zero-order chi connectivity index (χ0) is 15.0. The molecule has 2 aliphatic rings. The molecule has 0 unspecified atom stereocenters. The number of fused-ring (bicyclic) bond motifs is 1. The summed E-state index contributed by atoms with van der Waals surface area (Å²) in [7, 11) is 0. The molecule has 3 rings (SSSR count). The fourth-order valence-corrected chi connectivity index (χ4v) is 4.02. The van der Waals surface area contributed by atoms with Crippen molar-refractivity contribution >= 4 is 17.5 Å². The largest absolute Gasteiger partial charge is 0.383 e. The summed E-state index contributed by atoms with van der Waals surface area (Å²) in [6.07, 6.45) is 2.76. The van der Waals surface area contributed by atoms with Gasteiger partial charge in [0.05, 0.1) is 0 Å². The van der Waals surface area contributed by atoms with Crippen LogP contribution in [-0.2, 0) is 11.2 Å². The van der Waals surface area contributed by atoms with E-state index in [1.165, 1.54) is 11.1 Å². The molecule has 1 amide bonds. The number of likely N-dealkylation sites (tertiary alicyclic amines) is 1. The van der Waals surface area contributed by atoms with Crippen molar-refractivity contribution in [2.45, 2.75) is 37.8 Å². The summed E-state index contributed by atoms with van der Waals surface area (Å²) in [4.78, 5) is 13.5. The zero-order valence-electron chi connectivity index (χ0n) is 12.0. The number of nitrogens with zero attached hydrogens (tertiary/aromatic N) is 1. The molecule has 1 aliphatic carbocycles. The second kappa shape index (κ2) is 5.95. The Hall–Kier alpha value is -1.10. The van der Waals surface area contributed by atoms with Crippen LogP contribution in [0.2, 0.25) is 5.02 Å². The van der Waals surface area contributed by atoms with Gasteiger partial charge in [0.15, 0.2) is 0 Å². The van der Waals surface area contributed by atoms with Crippen LogP contribution < -0.4 is 5.73 Å². The van der Waals surface area contributed by atoms with Crippen LogP contribution in [-0.4, -0.2) is 35.1 Å². The van der Waals surface area contributed by atoms with E-state index >= 15 is 0 Å². The Labute approximate surface area is 129 Å². The van der Waals surface area contributed by atoms with Gasteiger partial charge in [0.2, 0.25) is 5.91 Å². The molecule has 0 spiro atoms. The zero-order valence-corrected chi connectivity index (χ0v) is 12.7. The second-order valence-corrected chi connectivity index (χ2v) is 6.49. The van der Waals surface area contributed by atoms with Crippen LogP contribution in [0.25, 0.3) is 0 Å². The Morgan fingerprint density at radius 1 is 1.33 bits per heavy atom. The van der Waals surface area contributed by atoms with Crippen LogP contribution in [0.3, 0.4) is 0 Å². The van der Waals surface area contributed by atoms with Gasteiger partial charge < -0.3 is 10.8 Å². The fraction of sp³-hybridized carbons (Fsp3) is 0.562. The molecule has 0 bridgehead atoms. The van der Waals surface area contributed by atoms with Crippen LogP contribution in [0.1, 0.15) is 36.4 Å². The fourth-order valence-electron chi connectivity index (χ4n) is 3.75. The van der Waals surface area contributed by atoms with Gasteiger partial charge in [-0.2, -0.15) is 0 Å². The highest BCUT2D eigenvalue weighted by Gasteiger charge is 2.34. The molecule has 1 fully saturated rings. The lowest BCUT2D eigenvalue weighted by molar-refractivity contribution is -0.129. The number of carbonyl (C=O) groups excluding carboxylic acids is 1. The minimum atomic E-state index is -1.00. The van der Waals surface area contributed by atoms with E-state index in [9.17, 15) is 9.90 Å². The SMILES string of the molecule is NC(=O)[C@H](O)C1CCN([C@H]2CCc3c(Cl)cccc32)CC1. The maximum atomic E-state index is 11.1. The van der Waals surface area contributed by atoms with Crippen molar-refractivity contribution in [2.24, 2.45) is 11.7 Å². The normalized spacial score (nSPS) is 24.8. The molecule has 1 aromatic rings. The van der Waals surface area contributed by atoms with Crippen LogP contribution in [0.4, 0.5) is 0 Å². The molecule has 114 valence electrons.